The van der Waals surface area contributed by atoms with Gasteiger partial charge in [-0.25, -0.2) is 4.98 Å². The van der Waals surface area contributed by atoms with Crippen molar-refractivity contribution >= 4 is 5.91 Å². The number of carbonyl (C=O) groups is 1. The first-order valence-corrected chi connectivity index (χ1v) is 5.57. The van der Waals surface area contributed by atoms with Crippen LogP contribution in [0.2, 0.25) is 0 Å². The summed E-state index contributed by atoms with van der Waals surface area (Å²) in [7, 11) is 0. The van der Waals surface area contributed by atoms with Gasteiger partial charge in [-0.3, -0.25) is 9.59 Å². The zero-order valence-corrected chi connectivity index (χ0v) is 9.88. The number of hydrogen-bond acceptors (Lipinski definition) is 3. The van der Waals surface area contributed by atoms with Crippen molar-refractivity contribution in [1.29, 1.82) is 0 Å². The Kier molecular flexibility index (Phi) is 3.52. The lowest BCUT2D eigenvalue weighted by molar-refractivity contribution is 0.0934. The standard InChI is InChI=1S/C13H13N3O2/c1-9(10-5-3-2-4-6-10)16-13(18)11-7-12(17)15-8-14-11/h2-9H,1H3,(H,16,18)(H,14,15,17)/t9-/m0/s1. The lowest BCUT2D eigenvalue weighted by Gasteiger charge is -2.13. The van der Waals surface area contributed by atoms with E-state index in [0.717, 1.165) is 5.56 Å². The molecular weight excluding hydrogens is 230 g/mol. The third-order valence-corrected chi connectivity index (χ3v) is 2.56. The zero-order chi connectivity index (χ0) is 13.0. The van der Waals surface area contributed by atoms with Gasteiger partial charge in [0.15, 0.2) is 0 Å². The fourth-order valence-electron chi connectivity index (χ4n) is 1.59. The Morgan fingerprint density at radius 2 is 2.06 bits per heavy atom. The van der Waals surface area contributed by atoms with Crippen LogP contribution in [0.4, 0.5) is 0 Å². The third-order valence-electron chi connectivity index (χ3n) is 2.56. The molecule has 0 radical (unpaired) electrons. The van der Waals surface area contributed by atoms with E-state index in [4.69, 9.17) is 0 Å². The van der Waals surface area contributed by atoms with Crippen LogP contribution in [0.25, 0.3) is 0 Å². The van der Waals surface area contributed by atoms with E-state index in [1.165, 1.54) is 12.4 Å². The summed E-state index contributed by atoms with van der Waals surface area (Å²) in [6.45, 7) is 1.88. The average Bonchev–Trinajstić information content (AvgIpc) is 2.39. The van der Waals surface area contributed by atoms with Crippen LogP contribution in [0.5, 0.6) is 0 Å². The molecule has 2 rings (SSSR count). The summed E-state index contributed by atoms with van der Waals surface area (Å²) in [6.07, 6.45) is 1.21. The molecule has 18 heavy (non-hydrogen) atoms. The molecule has 0 bridgehead atoms. The zero-order valence-electron chi connectivity index (χ0n) is 9.88. The molecule has 0 aliphatic rings. The van der Waals surface area contributed by atoms with E-state index >= 15 is 0 Å². The van der Waals surface area contributed by atoms with Crippen LogP contribution in [0, 0.1) is 0 Å². The predicted molar refractivity (Wildman–Crippen MR) is 67.2 cm³/mol. The first-order valence-electron chi connectivity index (χ1n) is 5.57. The first kappa shape index (κ1) is 12.0. The first-order chi connectivity index (χ1) is 8.66. The van der Waals surface area contributed by atoms with Crippen LogP contribution in [0.1, 0.15) is 29.0 Å². The highest BCUT2D eigenvalue weighted by molar-refractivity contribution is 5.92. The van der Waals surface area contributed by atoms with Crippen molar-refractivity contribution in [3.63, 3.8) is 0 Å². The van der Waals surface area contributed by atoms with Crippen LogP contribution in [-0.2, 0) is 0 Å². The normalized spacial score (nSPS) is 11.8. The molecule has 0 saturated carbocycles. The number of benzene rings is 1. The lowest BCUT2D eigenvalue weighted by Crippen LogP contribution is -2.28. The van der Waals surface area contributed by atoms with Gasteiger partial charge in [0.2, 0.25) is 0 Å². The van der Waals surface area contributed by atoms with Gasteiger partial charge in [0.1, 0.15) is 5.69 Å². The van der Waals surface area contributed by atoms with E-state index in [0.29, 0.717) is 0 Å². The van der Waals surface area contributed by atoms with Gasteiger partial charge in [0.05, 0.1) is 12.4 Å². The second-order valence-electron chi connectivity index (χ2n) is 3.90. The minimum atomic E-state index is -0.363. The summed E-state index contributed by atoms with van der Waals surface area (Å²) in [5.41, 5.74) is 0.764. The quantitative estimate of drug-likeness (QED) is 0.852. The monoisotopic (exact) mass is 243 g/mol. The maximum absolute atomic E-state index is 11.9. The SMILES string of the molecule is C[C@H](NC(=O)c1cc(=O)[nH]cn1)c1ccccc1. The molecule has 1 atom stereocenters. The second-order valence-corrected chi connectivity index (χ2v) is 3.90. The van der Waals surface area contributed by atoms with E-state index in [-0.39, 0.29) is 23.2 Å². The highest BCUT2D eigenvalue weighted by Crippen LogP contribution is 2.11. The molecule has 1 heterocycles. The van der Waals surface area contributed by atoms with E-state index in [1.54, 1.807) is 0 Å². The van der Waals surface area contributed by atoms with Crippen LogP contribution in [0.3, 0.4) is 0 Å². The van der Waals surface area contributed by atoms with Crippen molar-refractivity contribution in [3.8, 4) is 0 Å². The molecule has 2 aromatic rings. The molecule has 2 N–H and O–H groups in total. The molecule has 0 spiro atoms. The highest BCUT2D eigenvalue weighted by Gasteiger charge is 2.12. The lowest BCUT2D eigenvalue weighted by atomic mass is 10.1. The van der Waals surface area contributed by atoms with Gasteiger partial charge in [-0.05, 0) is 12.5 Å². The van der Waals surface area contributed by atoms with E-state index < -0.39 is 0 Å². The van der Waals surface area contributed by atoms with E-state index in [9.17, 15) is 9.59 Å². The molecule has 0 aliphatic heterocycles. The predicted octanol–water partition coefficient (Wildman–Crippen LogP) is 1.26. The number of rotatable bonds is 3. The van der Waals surface area contributed by atoms with Gasteiger partial charge in [-0.1, -0.05) is 30.3 Å². The van der Waals surface area contributed by atoms with Gasteiger partial charge >= 0.3 is 0 Å². The number of nitrogens with zero attached hydrogens (tertiary/aromatic N) is 1. The topological polar surface area (TPSA) is 74.8 Å². The van der Waals surface area contributed by atoms with Crippen LogP contribution in [-0.4, -0.2) is 15.9 Å². The molecule has 1 aromatic carbocycles. The molecule has 1 amide bonds. The maximum Gasteiger partial charge on any atom is 0.270 e. The van der Waals surface area contributed by atoms with Gasteiger partial charge < -0.3 is 10.3 Å². The summed E-state index contributed by atoms with van der Waals surface area (Å²) in [5, 5.41) is 2.79. The van der Waals surface area contributed by atoms with Crippen molar-refractivity contribution < 1.29 is 4.79 Å². The molecule has 0 unspecified atom stereocenters. The number of hydrogen-bond donors (Lipinski definition) is 2. The summed E-state index contributed by atoms with van der Waals surface area (Å²) >= 11 is 0. The van der Waals surface area contributed by atoms with E-state index in [1.807, 2.05) is 37.3 Å². The molecule has 0 aliphatic carbocycles. The molecule has 5 heteroatoms. The Balaban J connectivity index is 2.11. The van der Waals surface area contributed by atoms with Gasteiger partial charge in [-0.15, -0.1) is 0 Å². The van der Waals surface area contributed by atoms with E-state index in [2.05, 4.69) is 15.3 Å². The molecule has 1 aromatic heterocycles. The summed E-state index contributed by atoms with van der Waals surface area (Å²) < 4.78 is 0. The number of H-pyrrole nitrogens is 1. The fourth-order valence-corrected chi connectivity index (χ4v) is 1.59. The molecule has 92 valence electrons. The van der Waals surface area contributed by atoms with Crippen molar-refractivity contribution in [1.82, 2.24) is 15.3 Å². The fraction of sp³-hybridized carbons (Fsp3) is 0.154. The molecule has 0 fully saturated rings. The van der Waals surface area contributed by atoms with Crippen molar-refractivity contribution in [2.45, 2.75) is 13.0 Å². The van der Waals surface area contributed by atoms with Gasteiger partial charge in [0, 0.05) is 6.07 Å². The van der Waals surface area contributed by atoms with Crippen molar-refractivity contribution in [2.24, 2.45) is 0 Å². The third kappa shape index (κ3) is 2.82. The Bertz CT molecular complexity index is 592. The summed E-state index contributed by atoms with van der Waals surface area (Å²) in [5.74, 6) is -0.363. The molecular formula is C13H13N3O2. The maximum atomic E-state index is 11.9. The Morgan fingerprint density at radius 1 is 1.33 bits per heavy atom. The van der Waals surface area contributed by atoms with Crippen molar-refractivity contribution in [3.05, 3.63) is 64.3 Å². The summed E-state index contributed by atoms with van der Waals surface area (Å²) in [6, 6.07) is 10.6. The largest absolute Gasteiger partial charge is 0.344 e. The number of carbonyl (C=O) groups excluding carboxylic acids is 1. The van der Waals surface area contributed by atoms with Crippen LogP contribution in [0.15, 0.2) is 47.5 Å². The molecule has 5 nitrogen and oxygen atoms in total. The second kappa shape index (κ2) is 5.27. The van der Waals surface area contributed by atoms with Gasteiger partial charge in [0.25, 0.3) is 11.5 Å². The number of amides is 1. The summed E-state index contributed by atoms with van der Waals surface area (Å²) in [4.78, 5) is 29.1. The van der Waals surface area contributed by atoms with Crippen LogP contribution < -0.4 is 10.9 Å². The Labute approximate surface area is 104 Å². The average molecular weight is 243 g/mol. The minimum absolute atomic E-state index is 0.113. The number of nitrogens with one attached hydrogen (secondary N) is 2. The molecule has 0 saturated heterocycles. The minimum Gasteiger partial charge on any atom is -0.344 e. The number of aromatic amines is 1. The Hall–Kier alpha value is -2.43. The Morgan fingerprint density at radius 3 is 2.72 bits per heavy atom. The highest BCUT2D eigenvalue weighted by atomic mass is 16.2. The smallest absolute Gasteiger partial charge is 0.270 e. The van der Waals surface area contributed by atoms with Crippen LogP contribution >= 0.6 is 0 Å². The van der Waals surface area contributed by atoms with Crippen molar-refractivity contribution in [2.75, 3.05) is 0 Å². The van der Waals surface area contributed by atoms with Gasteiger partial charge in [-0.2, -0.15) is 0 Å². The number of aromatic nitrogens is 2.